The van der Waals surface area contributed by atoms with Gasteiger partial charge in [-0.2, -0.15) is 0 Å². The summed E-state index contributed by atoms with van der Waals surface area (Å²) in [6, 6.07) is 0. The van der Waals surface area contributed by atoms with Crippen LogP contribution in [0.4, 0.5) is 0 Å². The van der Waals surface area contributed by atoms with E-state index < -0.39 is 15.8 Å². The molecule has 1 heterocycles. The van der Waals surface area contributed by atoms with Gasteiger partial charge >= 0.3 is 5.97 Å². The van der Waals surface area contributed by atoms with Gasteiger partial charge in [0, 0.05) is 12.8 Å². The second-order valence-corrected chi connectivity index (χ2v) is 6.48. The smallest absolute Gasteiger partial charge is 0.313 e. The monoisotopic (exact) mass is 279 g/mol. The minimum atomic E-state index is -3.18. The van der Waals surface area contributed by atoms with Crippen LogP contribution in [0.15, 0.2) is 5.16 Å². The van der Waals surface area contributed by atoms with Crippen molar-refractivity contribution in [3.8, 4) is 0 Å². The zero-order valence-electron chi connectivity index (χ0n) is 9.45. The lowest BCUT2D eigenvalue weighted by Crippen LogP contribution is -2.09. The highest BCUT2D eigenvalue weighted by molar-refractivity contribution is 7.99. The van der Waals surface area contributed by atoms with Gasteiger partial charge in [-0.05, 0) is 6.92 Å². The molecule has 0 unspecified atom stereocenters. The van der Waals surface area contributed by atoms with Gasteiger partial charge in [0.25, 0.3) is 0 Å². The molecule has 9 heteroatoms. The number of carboxylic acids is 1. The zero-order valence-corrected chi connectivity index (χ0v) is 11.1. The van der Waals surface area contributed by atoms with E-state index in [0.717, 1.165) is 18.0 Å². The summed E-state index contributed by atoms with van der Waals surface area (Å²) in [4.78, 5) is 10.4. The third kappa shape index (κ3) is 4.35. The van der Waals surface area contributed by atoms with Crippen molar-refractivity contribution >= 4 is 27.6 Å². The molecule has 0 atom stereocenters. The Hall–Kier alpha value is -1.09. The van der Waals surface area contributed by atoms with Gasteiger partial charge in [-0.1, -0.05) is 11.8 Å². The fourth-order valence-corrected chi connectivity index (χ4v) is 2.64. The van der Waals surface area contributed by atoms with Crippen LogP contribution in [0.1, 0.15) is 12.7 Å². The molecule has 1 aromatic rings. The summed E-state index contributed by atoms with van der Waals surface area (Å²) in [6.07, 6.45) is 1.12. The molecule has 0 saturated heterocycles. The maximum Gasteiger partial charge on any atom is 0.313 e. The molecule has 0 saturated carbocycles. The van der Waals surface area contributed by atoms with Gasteiger partial charge in [0.15, 0.2) is 15.0 Å². The second kappa shape index (κ2) is 5.50. The maximum absolute atomic E-state index is 11.2. The topological polar surface area (TPSA) is 102 Å². The number of hydrogen-bond donors (Lipinski definition) is 1. The molecule has 0 radical (unpaired) electrons. The molecule has 0 spiro atoms. The first-order valence-electron chi connectivity index (χ1n) is 4.78. The predicted octanol–water partition coefficient (Wildman–Crippen LogP) is 0.0193. The van der Waals surface area contributed by atoms with Crippen LogP contribution in [0.5, 0.6) is 0 Å². The van der Waals surface area contributed by atoms with E-state index in [4.69, 9.17) is 5.11 Å². The standard InChI is InChI=1S/C8H13N3O4S2/c1-3-11-6(5-17(2,14)15)9-10-8(11)16-4-7(12)13/h3-5H2,1-2H3,(H,12,13). The lowest BCUT2D eigenvalue weighted by Gasteiger charge is -2.05. The van der Waals surface area contributed by atoms with Crippen molar-refractivity contribution in [1.82, 2.24) is 14.8 Å². The van der Waals surface area contributed by atoms with Crippen LogP contribution in [0.3, 0.4) is 0 Å². The molecule has 0 aromatic carbocycles. The van der Waals surface area contributed by atoms with Crippen molar-refractivity contribution in [1.29, 1.82) is 0 Å². The Morgan fingerprint density at radius 1 is 1.47 bits per heavy atom. The molecule has 1 N–H and O–H groups in total. The average molecular weight is 279 g/mol. The Labute approximate surface area is 103 Å². The van der Waals surface area contributed by atoms with Gasteiger partial charge < -0.3 is 9.67 Å². The number of nitrogens with zero attached hydrogens (tertiary/aromatic N) is 3. The van der Waals surface area contributed by atoms with Crippen LogP contribution in [0.25, 0.3) is 0 Å². The molecular formula is C8H13N3O4S2. The van der Waals surface area contributed by atoms with Gasteiger partial charge in [-0.25, -0.2) is 8.42 Å². The normalized spacial score (nSPS) is 11.6. The number of carbonyl (C=O) groups is 1. The van der Waals surface area contributed by atoms with Crippen LogP contribution in [0, 0.1) is 0 Å². The van der Waals surface area contributed by atoms with Crippen molar-refractivity contribution in [3.63, 3.8) is 0 Å². The van der Waals surface area contributed by atoms with Crippen LogP contribution in [0.2, 0.25) is 0 Å². The lowest BCUT2D eigenvalue weighted by molar-refractivity contribution is -0.133. The first-order chi connectivity index (χ1) is 7.83. The Kier molecular flexibility index (Phi) is 4.52. The third-order valence-corrected chi connectivity index (χ3v) is 3.56. The van der Waals surface area contributed by atoms with Gasteiger partial charge in [-0.3, -0.25) is 4.79 Å². The number of rotatable bonds is 6. The summed E-state index contributed by atoms with van der Waals surface area (Å²) < 4.78 is 23.9. The summed E-state index contributed by atoms with van der Waals surface area (Å²) in [7, 11) is -3.18. The zero-order chi connectivity index (χ0) is 13.1. The molecule has 0 aliphatic rings. The molecule has 1 aromatic heterocycles. The van der Waals surface area contributed by atoms with Gasteiger partial charge in [0.1, 0.15) is 11.6 Å². The summed E-state index contributed by atoms with van der Waals surface area (Å²) >= 11 is 1.02. The van der Waals surface area contributed by atoms with Crippen molar-refractivity contribution < 1.29 is 18.3 Å². The summed E-state index contributed by atoms with van der Waals surface area (Å²) in [6.45, 7) is 2.32. The summed E-state index contributed by atoms with van der Waals surface area (Å²) in [5.41, 5.74) is 0. The van der Waals surface area contributed by atoms with E-state index in [1.54, 1.807) is 4.57 Å². The molecule has 1 rings (SSSR count). The first-order valence-corrected chi connectivity index (χ1v) is 7.82. The van der Waals surface area contributed by atoms with E-state index in [1.165, 1.54) is 0 Å². The Morgan fingerprint density at radius 3 is 2.59 bits per heavy atom. The maximum atomic E-state index is 11.2. The Morgan fingerprint density at radius 2 is 2.12 bits per heavy atom. The molecule has 0 fully saturated rings. The van der Waals surface area contributed by atoms with E-state index in [0.29, 0.717) is 17.5 Å². The van der Waals surface area contributed by atoms with Gasteiger partial charge in [-0.15, -0.1) is 10.2 Å². The molecule has 0 amide bonds. The minimum Gasteiger partial charge on any atom is -0.481 e. The number of aromatic nitrogens is 3. The third-order valence-electron chi connectivity index (χ3n) is 1.83. The molecule has 96 valence electrons. The van der Waals surface area contributed by atoms with Crippen LogP contribution in [-0.4, -0.2) is 46.3 Å². The number of hydrogen-bond acceptors (Lipinski definition) is 6. The van der Waals surface area contributed by atoms with Crippen molar-refractivity contribution in [2.45, 2.75) is 24.4 Å². The molecule has 0 bridgehead atoms. The fourth-order valence-electron chi connectivity index (χ4n) is 1.21. The van der Waals surface area contributed by atoms with E-state index in [1.807, 2.05) is 6.92 Å². The SMILES string of the molecule is CCn1c(CS(C)(=O)=O)nnc1SCC(=O)O. The number of aliphatic carboxylic acids is 1. The molecular weight excluding hydrogens is 266 g/mol. The van der Waals surface area contributed by atoms with Crippen LogP contribution < -0.4 is 0 Å². The van der Waals surface area contributed by atoms with E-state index in [-0.39, 0.29) is 11.5 Å². The molecule has 7 nitrogen and oxygen atoms in total. The second-order valence-electron chi connectivity index (χ2n) is 3.40. The van der Waals surface area contributed by atoms with Crippen LogP contribution >= 0.6 is 11.8 Å². The number of sulfone groups is 1. The molecule has 17 heavy (non-hydrogen) atoms. The van der Waals surface area contributed by atoms with Crippen molar-refractivity contribution in [3.05, 3.63) is 5.82 Å². The van der Waals surface area contributed by atoms with E-state index in [2.05, 4.69) is 10.2 Å². The van der Waals surface area contributed by atoms with E-state index >= 15 is 0 Å². The highest BCUT2D eigenvalue weighted by Crippen LogP contribution is 2.17. The Balaban J connectivity index is 2.91. The van der Waals surface area contributed by atoms with Crippen LogP contribution in [-0.2, 0) is 26.9 Å². The van der Waals surface area contributed by atoms with Crippen molar-refractivity contribution in [2.24, 2.45) is 0 Å². The average Bonchev–Trinajstić information content (AvgIpc) is 2.54. The largest absolute Gasteiger partial charge is 0.481 e. The summed E-state index contributed by atoms with van der Waals surface area (Å²) in [5.74, 6) is -0.938. The van der Waals surface area contributed by atoms with Gasteiger partial charge in [0.05, 0.1) is 5.75 Å². The Bertz CT molecular complexity index is 509. The predicted molar refractivity (Wildman–Crippen MR) is 62.6 cm³/mol. The number of carboxylic acid groups (broad SMARTS) is 1. The number of thioether (sulfide) groups is 1. The van der Waals surface area contributed by atoms with Gasteiger partial charge in [0.2, 0.25) is 0 Å². The summed E-state index contributed by atoms with van der Waals surface area (Å²) in [5, 5.41) is 16.5. The molecule has 0 aliphatic carbocycles. The lowest BCUT2D eigenvalue weighted by atomic mass is 10.6. The minimum absolute atomic E-state index is 0.128. The van der Waals surface area contributed by atoms with E-state index in [9.17, 15) is 13.2 Å². The van der Waals surface area contributed by atoms with Crippen molar-refractivity contribution in [2.75, 3.05) is 12.0 Å². The molecule has 0 aliphatic heterocycles. The fraction of sp³-hybridized carbons (Fsp3) is 0.625. The first kappa shape index (κ1) is 14.0. The highest BCUT2D eigenvalue weighted by Gasteiger charge is 2.16. The highest BCUT2D eigenvalue weighted by atomic mass is 32.2. The quantitative estimate of drug-likeness (QED) is 0.732.